The van der Waals surface area contributed by atoms with Crippen molar-refractivity contribution in [1.82, 2.24) is 0 Å². The molecule has 1 heteroatoms. The van der Waals surface area contributed by atoms with E-state index in [0.717, 1.165) is 28.9 Å². The Morgan fingerprint density at radius 1 is 0.676 bits per heavy atom. The maximum absolute atomic E-state index is 6.21. The van der Waals surface area contributed by atoms with Crippen molar-refractivity contribution in [3.05, 3.63) is 84.4 Å². The minimum absolute atomic E-state index is 0.391. The Labute approximate surface area is 201 Å². The van der Waals surface area contributed by atoms with Gasteiger partial charge in [-0.15, -0.1) is 0 Å². The van der Waals surface area contributed by atoms with Crippen molar-refractivity contribution < 1.29 is 4.42 Å². The number of rotatable bonds is 2. The summed E-state index contributed by atoms with van der Waals surface area (Å²) in [5, 5.41) is 4.95. The number of fused-ring (bicyclic) bond motifs is 7. The van der Waals surface area contributed by atoms with Crippen molar-refractivity contribution in [2.45, 2.75) is 51.4 Å². The molecular formula is C33H32O. The Balaban J connectivity index is 1.31. The molecule has 0 radical (unpaired) electrons. The van der Waals surface area contributed by atoms with Gasteiger partial charge in [-0.25, -0.2) is 0 Å². The molecule has 2 bridgehead atoms. The molecule has 2 aliphatic carbocycles. The topological polar surface area (TPSA) is 13.1 Å². The minimum atomic E-state index is 0.391. The monoisotopic (exact) mass is 444 g/mol. The maximum Gasteiger partial charge on any atom is 0.136 e. The summed E-state index contributed by atoms with van der Waals surface area (Å²) in [6.07, 6.45) is 6.95. The van der Waals surface area contributed by atoms with Crippen molar-refractivity contribution in [1.29, 1.82) is 0 Å². The predicted molar refractivity (Wildman–Crippen MR) is 143 cm³/mol. The van der Waals surface area contributed by atoms with Crippen LogP contribution >= 0.6 is 0 Å². The van der Waals surface area contributed by atoms with Gasteiger partial charge in [0.05, 0.1) is 0 Å². The molecule has 5 aromatic rings. The molecule has 2 unspecified atom stereocenters. The third-order valence-electron chi connectivity index (χ3n) is 8.82. The van der Waals surface area contributed by atoms with Crippen LogP contribution in [0, 0.1) is 17.8 Å². The molecule has 0 amide bonds. The number of hydrogen-bond donors (Lipinski definition) is 0. The van der Waals surface area contributed by atoms with Crippen LogP contribution in [0.25, 0.3) is 43.8 Å². The summed E-state index contributed by atoms with van der Waals surface area (Å²) in [6.45, 7) is 4.94. The van der Waals surface area contributed by atoms with Crippen LogP contribution in [-0.2, 0) is 5.41 Å². The maximum atomic E-state index is 6.21. The molecule has 1 heterocycles. The molecule has 0 aliphatic heterocycles. The van der Waals surface area contributed by atoms with E-state index in [1.165, 1.54) is 64.8 Å². The van der Waals surface area contributed by atoms with E-state index in [2.05, 4.69) is 92.7 Å². The summed E-state index contributed by atoms with van der Waals surface area (Å²) in [5.74, 6) is 2.61. The van der Waals surface area contributed by atoms with E-state index in [4.69, 9.17) is 4.42 Å². The van der Waals surface area contributed by atoms with E-state index in [0.29, 0.717) is 5.41 Å². The average molecular weight is 445 g/mol. The second-order valence-corrected chi connectivity index (χ2v) is 11.5. The van der Waals surface area contributed by atoms with Crippen LogP contribution in [0.4, 0.5) is 0 Å². The molecule has 7 rings (SSSR count). The van der Waals surface area contributed by atoms with Crippen LogP contribution in [-0.4, -0.2) is 0 Å². The van der Waals surface area contributed by atoms with Crippen molar-refractivity contribution in [3.63, 3.8) is 0 Å². The van der Waals surface area contributed by atoms with Crippen LogP contribution in [0.1, 0.15) is 51.5 Å². The fourth-order valence-corrected chi connectivity index (χ4v) is 7.80. The SMILES string of the molecule is CC1CC2CC(C)CC(c3ccc(-c4ccc5oc6ccc7ccccc7c6c5c4)cc3)(C1)C2. The highest BCUT2D eigenvalue weighted by molar-refractivity contribution is 6.19. The van der Waals surface area contributed by atoms with Crippen LogP contribution in [0.15, 0.2) is 83.3 Å². The molecule has 4 aromatic carbocycles. The van der Waals surface area contributed by atoms with Gasteiger partial charge in [-0.2, -0.15) is 0 Å². The second-order valence-electron chi connectivity index (χ2n) is 11.5. The molecule has 2 saturated carbocycles. The van der Waals surface area contributed by atoms with Gasteiger partial charge in [0.15, 0.2) is 0 Å². The molecule has 34 heavy (non-hydrogen) atoms. The van der Waals surface area contributed by atoms with E-state index >= 15 is 0 Å². The fourth-order valence-electron chi connectivity index (χ4n) is 7.80. The first-order valence-corrected chi connectivity index (χ1v) is 13.0. The normalized spacial score (nSPS) is 26.9. The molecule has 1 nitrogen and oxygen atoms in total. The molecule has 2 fully saturated rings. The van der Waals surface area contributed by atoms with E-state index in [1.54, 1.807) is 5.56 Å². The van der Waals surface area contributed by atoms with Gasteiger partial charge in [0.1, 0.15) is 11.2 Å². The van der Waals surface area contributed by atoms with Gasteiger partial charge in [-0.1, -0.05) is 74.5 Å². The summed E-state index contributed by atoms with van der Waals surface area (Å²) < 4.78 is 6.21. The Morgan fingerprint density at radius 2 is 1.38 bits per heavy atom. The first-order chi connectivity index (χ1) is 16.6. The fraction of sp³-hybridized carbons (Fsp3) is 0.333. The third kappa shape index (κ3) is 3.13. The summed E-state index contributed by atoms with van der Waals surface area (Å²) in [4.78, 5) is 0. The van der Waals surface area contributed by atoms with Gasteiger partial charge < -0.3 is 4.42 Å². The standard InChI is InChI=1S/C33H32O/c1-21-15-23-16-22(2)19-33(18-21,20-23)27-11-7-24(8-12-27)26-10-13-30-29(17-26)32-28-6-4-3-5-25(28)9-14-31(32)34-30/h3-14,17,21-23H,15-16,18-20H2,1-2H3. The Hall–Kier alpha value is -3.06. The summed E-state index contributed by atoms with van der Waals surface area (Å²) in [5.41, 5.74) is 6.44. The van der Waals surface area contributed by atoms with E-state index in [-0.39, 0.29) is 0 Å². The molecule has 0 spiro atoms. The van der Waals surface area contributed by atoms with Gasteiger partial charge in [-0.3, -0.25) is 0 Å². The zero-order chi connectivity index (χ0) is 22.9. The molecule has 1 aromatic heterocycles. The van der Waals surface area contributed by atoms with Crippen molar-refractivity contribution in [2.24, 2.45) is 17.8 Å². The Morgan fingerprint density at radius 3 is 2.18 bits per heavy atom. The molecular weight excluding hydrogens is 412 g/mol. The van der Waals surface area contributed by atoms with Gasteiger partial charge in [0, 0.05) is 10.8 Å². The van der Waals surface area contributed by atoms with E-state index in [1.807, 2.05) is 0 Å². The largest absolute Gasteiger partial charge is 0.456 e. The van der Waals surface area contributed by atoms with Crippen molar-refractivity contribution >= 4 is 32.7 Å². The quantitative estimate of drug-likeness (QED) is 0.264. The predicted octanol–water partition coefficient (Wildman–Crippen LogP) is 9.51. The van der Waals surface area contributed by atoms with E-state index < -0.39 is 0 Å². The lowest BCUT2D eigenvalue weighted by atomic mass is 9.54. The highest BCUT2D eigenvalue weighted by atomic mass is 16.3. The van der Waals surface area contributed by atoms with Crippen LogP contribution in [0.3, 0.4) is 0 Å². The molecule has 0 N–H and O–H groups in total. The van der Waals surface area contributed by atoms with Crippen LogP contribution in [0.2, 0.25) is 0 Å². The first kappa shape index (κ1) is 20.3. The van der Waals surface area contributed by atoms with Gasteiger partial charge in [-0.05, 0) is 101 Å². The number of furan rings is 1. The van der Waals surface area contributed by atoms with Crippen LogP contribution in [0.5, 0.6) is 0 Å². The van der Waals surface area contributed by atoms with Crippen molar-refractivity contribution in [2.75, 3.05) is 0 Å². The molecule has 2 aliphatic rings. The molecule has 170 valence electrons. The highest BCUT2D eigenvalue weighted by Crippen LogP contribution is 2.54. The first-order valence-electron chi connectivity index (χ1n) is 13.0. The summed E-state index contributed by atoms with van der Waals surface area (Å²) in [6, 6.07) is 29.1. The van der Waals surface area contributed by atoms with E-state index in [9.17, 15) is 0 Å². The summed E-state index contributed by atoms with van der Waals surface area (Å²) in [7, 11) is 0. The average Bonchev–Trinajstić information content (AvgIpc) is 3.21. The second kappa shape index (κ2) is 7.47. The lowest BCUT2D eigenvalue weighted by molar-refractivity contribution is 0.0780. The van der Waals surface area contributed by atoms with Gasteiger partial charge >= 0.3 is 0 Å². The number of hydrogen-bond acceptors (Lipinski definition) is 1. The Kier molecular flexibility index (Phi) is 4.47. The number of benzene rings is 4. The smallest absolute Gasteiger partial charge is 0.136 e. The zero-order valence-corrected chi connectivity index (χ0v) is 20.2. The van der Waals surface area contributed by atoms with Gasteiger partial charge in [0.2, 0.25) is 0 Å². The lowest BCUT2D eigenvalue weighted by Crippen LogP contribution is -2.42. The molecule has 0 saturated heterocycles. The Bertz CT molecular complexity index is 1500. The minimum Gasteiger partial charge on any atom is -0.456 e. The third-order valence-corrected chi connectivity index (χ3v) is 8.82. The summed E-state index contributed by atoms with van der Waals surface area (Å²) >= 11 is 0. The van der Waals surface area contributed by atoms with Crippen LogP contribution < -0.4 is 0 Å². The lowest BCUT2D eigenvalue weighted by Gasteiger charge is -2.50. The van der Waals surface area contributed by atoms with Gasteiger partial charge in [0.25, 0.3) is 0 Å². The zero-order valence-electron chi connectivity index (χ0n) is 20.2. The molecule has 2 atom stereocenters. The highest BCUT2D eigenvalue weighted by Gasteiger charge is 2.45. The van der Waals surface area contributed by atoms with Crippen molar-refractivity contribution in [3.8, 4) is 11.1 Å².